The first-order valence-corrected chi connectivity index (χ1v) is 12.3. The molecule has 2 unspecified atom stereocenters. The van der Waals surface area contributed by atoms with Gasteiger partial charge in [0.2, 0.25) is 0 Å². The number of halogens is 3. The second-order valence-corrected chi connectivity index (χ2v) is 12.6. The number of benzene rings is 2. The van der Waals surface area contributed by atoms with Gasteiger partial charge in [-0.3, -0.25) is 0 Å². The van der Waals surface area contributed by atoms with E-state index in [1.807, 2.05) is 63.2 Å². The standard InChI is InChI=1S/C19H21Cl3OSSe/c1-19(2,3)24(23)16-10-6-7-11-17(16)25-12-14(18(21)22)13-8-4-5-9-15(13)20/h4-11,14,18H,12H2,1-3H3. The minimum absolute atomic E-state index is 0.0480. The summed E-state index contributed by atoms with van der Waals surface area (Å²) in [6, 6.07) is 15.6. The molecule has 0 aromatic heterocycles. The van der Waals surface area contributed by atoms with Crippen LogP contribution in [0.2, 0.25) is 10.3 Å². The molecule has 0 saturated carbocycles. The molecule has 2 aromatic rings. The molecule has 0 aliphatic heterocycles. The summed E-state index contributed by atoms with van der Waals surface area (Å²) in [5, 5.41) is 1.48. The summed E-state index contributed by atoms with van der Waals surface area (Å²) in [4.78, 5) is 0.371. The minimum atomic E-state index is -1.06. The Bertz CT molecular complexity index is 743. The summed E-state index contributed by atoms with van der Waals surface area (Å²) in [6.07, 6.45) is 0. The number of alkyl halides is 2. The molecule has 0 aliphatic carbocycles. The van der Waals surface area contributed by atoms with Crippen LogP contribution in [0.25, 0.3) is 0 Å². The number of hydrogen-bond acceptors (Lipinski definition) is 1. The molecule has 0 bridgehead atoms. The van der Waals surface area contributed by atoms with Crippen LogP contribution in [0.1, 0.15) is 32.3 Å². The van der Waals surface area contributed by atoms with Crippen LogP contribution in [-0.2, 0) is 10.8 Å². The molecule has 1 nitrogen and oxygen atoms in total. The zero-order valence-electron chi connectivity index (χ0n) is 14.3. The van der Waals surface area contributed by atoms with Crippen LogP contribution in [0.3, 0.4) is 0 Å². The monoisotopic (exact) mass is 482 g/mol. The fourth-order valence-corrected chi connectivity index (χ4v) is 7.75. The average molecular weight is 483 g/mol. The van der Waals surface area contributed by atoms with Gasteiger partial charge in [0.15, 0.2) is 0 Å². The van der Waals surface area contributed by atoms with Crippen LogP contribution >= 0.6 is 34.8 Å². The van der Waals surface area contributed by atoms with Gasteiger partial charge >= 0.3 is 175 Å². The van der Waals surface area contributed by atoms with Gasteiger partial charge in [-0.1, -0.05) is 0 Å². The molecule has 2 rings (SSSR count). The SMILES string of the molecule is CC(C)(C)S(=O)c1ccccc1[Se]CC(c1ccccc1Cl)C(Cl)Cl. The van der Waals surface area contributed by atoms with Gasteiger partial charge in [0, 0.05) is 0 Å². The number of hydrogen-bond donors (Lipinski definition) is 0. The summed E-state index contributed by atoms with van der Waals surface area (Å²) >= 11 is 18.9. The molecule has 0 spiro atoms. The molecule has 0 fully saturated rings. The van der Waals surface area contributed by atoms with E-state index in [2.05, 4.69) is 6.07 Å². The molecule has 0 radical (unpaired) electrons. The summed E-state index contributed by atoms with van der Waals surface area (Å²) in [7, 11) is -1.06. The normalized spacial score (nSPS) is 14.5. The van der Waals surface area contributed by atoms with Crippen LogP contribution < -0.4 is 4.46 Å². The quantitative estimate of drug-likeness (QED) is 0.388. The molecule has 136 valence electrons. The van der Waals surface area contributed by atoms with Crippen LogP contribution in [0.4, 0.5) is 0 Å². The zero-order valence-corrected chi connectivity index (χ0v) is 19.1. The topological polar surface area (TPSA) is 17.1 Å². The van der Waals surface area contributed by atoms with Crippen molar-refractivity contribution in [2.24, 2.45) is 0 Å². The van der Waals surface area contributed by atoms with Crippen molar-refractivity contribution < 1.29 is 4.21 Å². The van der Waals surface area contributed by atoms with Crippen molar-refractivity contribution in [3.05, 3.63) is 59.1 Å². The van der Waals surface area contributed by atoms with Crippen molar-refractivity contribution in [1.29, 1.82) is 0 Å². The average Bonchev–Trinajstić information content (AvgIpc) is 2.55. The molecule has 0 amide bonds. The first kappa shape index (κ1) is 21.3. The van der Waals surface area contributed by atoms with E-state index in [4.69, 9.17) is 34.8 Å². The number of rotatable bonds is 6. The second-order valence-electron chi connectivity index (χ2n) is 6.60. The molecule has 0 heterocycles. The Morgan fingerprint density at radius 1 is 1.04 bits per heavy atom. The van der Waals surface area contributed by atoms with Crippen molar-refractivity contribution in [3.63, 3.8) is 0 Å². The molecule has 0 saturated heterocycles. The van der Waals surface area contributed by atoms with E-state index in [-0.39, 0.29) is 25.6 Å². The summed E-state index contributed by atoms with van der Waals surface area (Å²) in [5.41, 5.74) is 0.968. The maximum atomic E-state index is 12.8. The van der Waals surface area contributed by atoms with E-state index in [9.17, 15) is 4.21 Å². The van der Waals surface area contributed by atoms with Gasteiger partial charge in [0.25, 0.3) is 0 Å². The Morgan fingerprint density at radius 2 is 1.64 bits per heavy atom. The molecular formula is C19H21Cl3OSSe. The predicted octanol–water partition coefficient (Wildman–Crippen LogP) is 5.58. The molecule has 0 N–H and O–H groups in total. The first-order chi connectivity index (χ1) is 11.7. The molecule has 25 heavy (non-hydrogen) atoms. The Morgan fingerprint density at radius 3 is 2.24 bits per heavy atom. The molecular weight excluding hydrogens is 462 g/mol. The third-order valence-corrected chi connectivity index (χ3v) is 9.25. The fourth-order valence-electron chi connectivity index (χ4n) is 2.31. The zero-order chi connectivity index (χ0) is 18.6. The van der Waals surface area contributed by atoms with Crippen molar-refractivity contribution in [3.8, 4) is 0 Å². The summed E-state index contributed by atoms with van der Waals surface area (Å²) in [5.74, 6) is -0.0480. The van der Waals surface area contributed by atoms with Gasteiger partial charge in [-0.15, -0.1) is 0 Å². The van der Waals surface area contributed by atoms with Crippen molar-refractivity contribution in [2.75, 3.05) is 0 Å². The summed E-state index contributed by atoms with van der Waals surface area (Å²) in [6.45, 7) is 5.98. The van der Waals surface area contributed by atoms with E-state index in [0.29, 0.717) is 5.02 Å². The van der Waals surface area contributed by atoms with Crippen molar-refractivity contribution in [1.82, 2.24) is 0 Å². The Labute approximate surface area is 174 Å². The van der Waals surface area contributed by atoms with Crippen LogP contribution in [0.5, 0.6) is 0 Å². The Kier molecular flexibility index (Phi) is 7.88. The van der Waals surface area contributed by atoms with Gasteiger partial charge < -0.3 is 0 Å². The molecule has 2 aromatic carbocycles. The Hall–Kier alpha value is -0.0205. The van der Waals surface area contributed by atoms with E-state index in [1.54, 1.807) is 0 Å². The third kappa shape index (κ3) is 5.73. The van der Waals surface area contributed by atoms with Gasteiger partial charge in [-0.05, 0) is 0 Å². The van der Waals surface area contributed by atoms with Crippen LogP contribution in [0.15, 0.2) is 53.4 Å². The maximum absolute atomic E-state index is 12.8. The first-order valence-electron chi connectivity index (χ1n) is 7.88. The molecule has 2 atom stereocenters. The molecule has 6 heteroatoms. The summed E-state index contributed by atoms with van der Waals surface area (Å²) < 4.78 is 13.7. The van der Waals surface area contributed by atoms with E-state index < -0.39 is 15.6 Å². The van der Waals surface area contributed by atoms with Crippen LogP contribution in [-0.4, -0.2) is 28.7 Å². The van der Waals surface area contributed by atoms with Gasteiger partial charge in [-0.25, -0.2) is 0 Å². The van der Waals surface area contributed by atoms with Crippen LogP contribution in [0, 0.1) is 0 Å². The van der Waals surface area contributed by atoms with Crippen molar-refractivity contribution in [2.45, 2.75) is 46.5 Å². The predicted molar refractivity (Wildman–Crippen MR) is 112 cm³/mol. The van der Waals surface area contributed by atoms with Gasteiger partial charge in [0.1, 0.15) is 0 Å². The van der Waals surface area contributed by atoms with E-state index >= 15 is 0 Å². The van der Waals surface area contributed by atoms with Gasteiger partial charge in [0.05, 0.1) is 0 Å². The van der Waals surface area contributed by atoms with E-state index in [0.717, 1.165) is 20.2 Å². The van der Waals surface area contributed by atoms with E-state index in [1.165, 1.54) is 0 Å². The molecule has 0 aliphatic rings. The Balaban J connectivity index is 2.25. The third-order valence-electron chi connectivity index (χ3n) is 3.63. The van der Waals surface area contributed by atoms with Gasteiger partial charge in [-0.2, -0.15) is 0 Å². The second kappa shape index (κ2) is 9.26. The van der Waals surface area contributed by atoms with Crippen molar-refractivity contribution >= 4 is 65.0 Å². The fraction of sp³-hybridized carbons (Fsp3) is 0.368.